The Morgan fingerprint density at radius 2 is 1.93 bits per heavy atom. The number of rotatable bonds is 5. The maximum absolute atomic E-state index is 12.5. The zero-order chi connectivity index (χ0) is 18.8. The summed E-state index contributed by atoms with van der Waals surface area (Å²) in [4.78, 5) is 4.30. The molecule has 0 amide bonds. The molecule has 9 heteroatoms. The molecular weight excluding hydrogens is 354 g/mol. The van der Waals surface area contributed by atoms with E-state index < -0.39 is 12.3 Å². The van der Waals surface area contributed by atoms with E-state index in [4.69, 9.17) is 4.42 Å². The summed E-state index contributed by atoms with van der Waals surface area (Å²) in [5, 5.41) is 15.2. The minimum Gasteiger partial charge on any atom is -0.415 e. The van der Waals surface area contributed by atoms with Crippen LogP contribution < -0.4 is 0 Å². The third kappa shape index (κ3) is 3.57. The fourth-order valence-corrected chi connectivity index (χ4v) is 2.61. The van der Waals surface area contributed by atoms with Gasteiger partial charge in [0.1, 0.15) is 5.69 Å². The highest BCUT2D eigenvalue weighted by atomic mass is 19.3. The van der Waals surface area contributed by atoms with Crippen molar-refractivity contribution in [2.24, 2.45) is 0 Å². The quantitative estimate of drug-likeness (QED) is 0.534. The van der Waals surface area contributed by atoms with Crippen LogP contribution >= 0.6 is 0 Å². The van der Waals surface area contributed by atoms with Gasteiger partial charge in [0.25, 0.3) is 5.89 Å². The third-order valence-electron chi connectivity index (χ3n) is 3.98. The molecule has 136 valence electrons. The molecule has 4 aromatic rings. The van der Waals surface area contributed by atoms with Crippen LogP contribution in [0.3, 0.4) is 0 Å². The molecule has 0 radical (unpaired) electrons. The molecule has 0 fully saturated rings. The lowest BCUT2D eigenvalue weighted by Gasteiger charge is -2.01. The number of halogens is 2. The Hall–Kier alpha value is -3.49. The van der Waals surface area contributed by atoms with E-state index in [9.17, 15) is 8.78 Å². The van der Waals surface area contributed by atoms with Crippen LogP contribution in [0.2, 0.25) is 0 Å². The number of benzene rings is 1. The van der Waals surface area contributed by atoms with Crippen LogP contribution in [0, 0.1) is 6.92 Å². The predicted molar refractivity (Wildman–Crippen MR) is 91.8 cm³/mol. The van der Waals surface area contributed by atoms with Crippen LogP contribution in [-0.2, 0) is 6.54 Å². The fraction of sp³-hybridized carbons (Fsp3) is 0.167. The van der Waals surface area contributed by atoms with Gasteiger partial charge in [-0.3, -0.25) is 4.98 Å². The van der Waals surface area contributed by atoms with E-state index in [1.165, 1.54) is 6.20 Å². The Balaban J connectivity index is 1.50. The van der Waals surface area contributed by atoms with E-state index in [2.05, 4.69) is 25.5 Å². The normalized spacial score (nSPS) is 11.3. The molecule has 1 aromatic carbocycles. The molecule has 0 bridgehead atoms. The summed E-state index contributed by atoms with van der Waals surface area (Å²) < 4.78 is 31.6. The lowest BCUT2D eigenvalue weighted by atomic mass is 10.1. The molecule has 0 atom stereocenters. The largest absolute Gasteiger partial charge is 0.415 e. The molecular formula is C18H14F2N6O. The Bertz CT molecular complexity index is 1060. The molecule has 27 heavy (non-hydrogen) atoms. The number of hydrogen-bond donors (Lipinski definition) is 0. The minimum absolute atomic E-state index is 0.00643. The van der Waals surface area contributed by atoms with Crippen molar-refractivity contribution >= 4 is 0 Å². The summed E-state index contributed by atoms with van der Waals surface area (Å²) in [5.41, 5.74) is 4.13. The van der Waals surface area contributed by atoms with Crippen molar-refractivity contribution in [2.45, 2.75) is 19.9 Å². The molecule has 0 saturated carbocycles. The average molecular weight is 368 g/mol. The van der Waals surface area contributed by atoms with Crippen molar-refractivity contribution in [1.29, 1.82) is 0 Å². The maximum Gasteiger partial charge on any atom is 0.314 e. The number of pyridine rings is 1. The second kappa shape index (κ2) is 7.02. The molecule has 4 rings (SSSR count). The molecule has 0 aliphatic rings. The predicted octanol–water partition coefficient (Wildman–Crippen LogP) is 3.68. The van der Waals surface area contributed by atoms with Gasteiger partial charge in [0.05, 0.1) is 24.0 Å². The molecule has 0 aliphatic carbocycles. The summed E-state index contributed by atoms with van der Waals surface area (Å²) in [6.07, 6.45) is 0.551. The molecule has 3 aromatic heterocycles. The lowest BCUT2D eigenvalue weighted by molar-refractivity contribution is 0.116. The van der Waals surface area contributed by atoms with Gasteiger partial charge in [0.15, 0.2) is 0 Å². The smallest absolute Gasteiger partial charge is 0.314 e. The summed E-state index contributed by atoms with van der Waals surface area (Å²) in [7, 11) is 0. The van der Waals surface area contributed by atoms with Crippen LogP contribution in [0.4, 0.5) is 8.78 Å². The second-order valence-corrected chi connectivity index (χ2v) is 5.90. The monoisotopic (exact) mass is 368 g/mol. The standard InChI is InChI=1S/C18H14F2N6O/c1-11-4-2-3-5-14(11)15-10-26(25-22-15)9-13-7-6-12(8-21-13)17-23-24-18(27-17)16(19)20/h2-8,10,16H,9H2,1H3. The second-order valence-electron chi connectivity index (χ2n) is 5.90. The van der Waals surface area contributed by atoms with E-state index in [1.54, 1.807) is 16.8 Å². The Kier molecular flexibility index (Phi) is 4.41. The highest BCUT2D eigenvalue weighted by molar-refractivity contribution is 5.62. The first kappa shape index (κ1) is 17.0. The molecule has 0 aliphatic heterocycles. The number of alkyl halides is 2. The van der Waals surface area contributed by atoms with Gasteiger partial charge in [0, 0.05) is 11.8 Å². The minimum atomic E-state index is -2.80. The van der Waals surface area contributed by atoms with E-state index in [0.29, 0.717) is 12.1 Å². The first-order valence-corrected chi connectivity index (χ1v) is 8.13. The van der Waals surface area contributed by atoms with Crippen molar-refractivity contribution in [3.05, 3.63) is 65.9 Å². The van der Waals surface area contributed by atoms with Gasteiger partial charge >= 0.3 is 6.43 Å². The van der Waals surface area contributed by atoms with Gasteiger partial charge in [-0.25, -0.2) is 4.68 Å². The average Bonchev–Trinajstić information content (AvgIpc) is 3.33. The highest BCUT2D eigenvalue weighted by Crippen LogP contribution is 2.23. The van der Waals surface area contributed by atoms with Crippen LogP contribution in [0.15, 0.2) is 53.2 Å². The first-order chi connectivity index (χ1) is 13.1. The highest BCUT2D eigenvalue weighted by Gasteiger charge is 2.17. The Morgan fingerprint density at radius 3 is 2.63 bits per heavy atom. The van der Waals surface area contributed by atoms with E-state index in [1.807, 2.05) is 37.4 Å². The van der Waals surface area contributed by atoms with Gasteiger partial charge in [-0.2, -0.15) is 8.78 Å². The summed E-state index contributed by atoms with van der Waals surface area (Å²) in [5.74, 6) is -0.702. The zero-order valence-electron chi connectivity index (χ0n) is 14.3. The van der Waals surface area contributed by atoms with Crippen LogP contribution in [0.5, 0.6) is 0 Å². The Labute approximate surface area is 152 Å². The van der Waals surface area contributed by atoms with Gasteiger partial charge in [-0.15, -0.1) is 15.3 Å². The maximum atomic E-state index is 12.5. The summed E-state index contributed by atoms with van der Waals surface area (Å²) in [6, 6.07) is 11.4. The van der Waals surface area contributed by atoms with Crippen LogP contribution in [0.25, 0.3) is 22.7 Å². The first-order valence-electron chi connectivity index (χ1n) is 8.13. The van der Waals surface area contributed by atoms with Crippen LogP contribution in [0.1, 0.15) is 23.6 Å². The molecule has 0 N–H and O–H groups in total. The van der Waals surface area contributed by atoms with Crippen molar-refractivity contribution in [3.8, 4) is 22.7 Å². The van der Waals surface area contributed by atoms with E-state index in [-0.39, 0.29) is 5.89 Å². The Morgan fingerprint density at radius 1 is 1.07 bits per heavy atom. The zero-order valence-corrected chi connectivity index (χ0v) is 14.3. The summed E-state index contributed by atoms with van der Waals surface area (Å²) >= 11 is 0. The van der Waals surface area contributed by atoms with E-state index in [0.717, 1.165) is 22.5 Å². The molecule has 0 unspecified atom stereocenters. The van der Waals surface area contributed by atoms with Crippen molar-refractivity contribution in [2.75, 3.05) is 0 Å². The van der Waals surface area contributed by atoms with Crippen molar-refractivity contribution in [3.63, 3.8) is 0 Å². The number of nitrogens with zero attached hydrogens (tertiary/aromatic N) is 6. The SMILES string of the molecule is Cc1ccccc1-c1cn(Cc2ccc(-c3nnc(C(F)F)o3)cn2)nn1. The fourth-order valence-electron chi connectivity index (χ4n) is 2.61. The molecule has 7 nitrogen and oxygen atoms in total. The molecule has 3 heterocycles. The lowest BCUT2D eigenvalue weighted by Crippen LogP contribution is -2.02. The van der Waals surface area contributed by atoms with Crippen molar-refractivity contribution in [1.82, 2.24) is 30.2 Å². The molecule has 0 spiro atoms. The van der Waals surface area contributed by atoms with Gasteiger partial charge < -0.3 is 4.42 Å². The van der Waals surface area contributed by atoms with Crippen LogP contribution in [-0.4, -0.2) is 30.2 Å². The van der Waals surface area contributed by atoms with Gasteiger partial charge in [0.2, 0.25) is 5.89 Å². The van der Waals surface area contributed by atoms with Gasteiger partial charge in [-0.1, -0.05) is 29.5 Å². The number of aromatic nitrogens is 6. The number of aryl methyl sites for hydroxylation is 1. The molecule has 0 saturated heterocycles. The summed E-state index contributed by atoms with van der Waals surface area (Å²) in [6.45, 7) is 2.44. The van der Waals surface area contributed by atoms with E-state index >= 15 is 0 Å². The van der Waals surface area contributed by atoms with Gasteiger partial charge in [-0.05, 0) is 24.6 Å². The van der Waals surface area contributed by atoms with Crippen molar-refractivity contribution < 1.29 is 13.2 Å². The number of hydrogen-bond acceptors (Lipinski definition) is 6. The third-order valence-corrected chi connectivity index (χ3v) is 3.98. The topological polar surface area (TPSA) is 82.5 Å².